The molecule has 0 saturated heterocycles. The summed E-state index contributed by atoms with van der Waals surface area (Å²) >= 11 is 11.4. The zero-order chi connectivity index (χ0) is 22.1. The van der Waals surface area contributed by atoms with Crippen LogP contribution in [0.2, 0.25) is 5.02 Å². The van der Waals surface area contributed by atoms with Crippen molar-refractivity contribution >= 4 is 51.6 Å². The summed E-state index contributed by atoms with van der Waals surface area (Å²) in [5.74, 6) is 0.232. The van der Waals surface area contributed by atoms with Crippen LogP contribution < -0.4 is 10.6 Å². The smallest absolute Gasteiger partial charge is 0.257 e. The van der Waals surface area contributed by atoms with Gasteiger partial charge >= 0.3 is 0 Å². The monoisotopic (exact) mass is 449 g/mol. The van der Waals surface area contributed by atoms with Gasteiger partial charge in [0.25, 0.3) is 5.91 Å². The highest BCUT2D eigenvalue weighted by Crippen LogP contribution is 2.28. The van der Waals surface area contributed by atoms with Gasteiger partial charge in [-0.2, -0.15) is 0 Å². The molecule has 7 heteroatoms. The van der Waals surface area contributed by atoms with Gasteiger partial charge in [0.15, 0.2) is 10.7 Å². The molecule has 0 atom stereocenters. The first-order valence-corrected chi connectivity index (χ1v) is 10.5. The maximum atomic E-state index is 12.4. The first-order valence-electron chi connectivity index (χ1n) is 9.67. The maximum Gasteiger partial charge on any atom is 0.257 e. The van der Waals surface area contributed by atoms with E-state index in [1.165, 1.54) is 5.56 Å². The van der Waals surface area contributed by atoms with Crippen LogP contribution in [0, 0.1) is 20.8 Å². The van der Waals surface area contributed by atoms with Crippen molar-refractivity contribution in [1.29, 1.82) is 0 Å². The van der Waals surface area contributed by atoms with E-state index in [2.05, 4.69) is 28.6 Å². The Morgan fingerprint density at radius 3 is 2.55 bits per heavy atom. The number of aromatic nitrogens is 1. The number of thiocarbonyl (C=S) groups is 1. The van der Waals surface area contributed by atoms with Crippen LogP contribution in [0.4, 0.5) is 5.69 Å². The number of hydrogen-bond acceptors (Lipinski definition) is 4. The summed E-state index contributed by atoms with van der Waals surface area (Å²) in [6.45, 7) is 5.96. The molecular weight excluding hydrogens is 430 g/mol. The molecule has 0 spiro atoms. The van der Waals surface area contributed by atoms with Crippen LogP contribution in [0.25, 0.3) is 22.6 Å². The average Bonchev–Trinajstić information content (AvgIpc) is 3.12. The molecule has 3 aromatic carbocycles. The molecule has 31 heavy (non-hydrogen) atoms. The Bertz CT molecular complexity index is 1330. The predicted molar refractivity (Wildman–Crippen MR) is 129 cm³/mol. The van der Waals surface area contributed by atoms with E-state index in [0.29, 0.717) is 33.3 Å². The molecule has 2 N–H and O–H groups in total. The fourth-order valence-electron chi connectivity index (χ4n) is 3.25. The van der Waals surface area contributed by atoms with Crippen molar-refractivity contribution < 1.29 is 9.21 Å². The molecule has 0 fully saturated rings. The van der Waals surface area contributed by atoms with Crippen molar-refractivity contribution in [3.05, 3.63) is 81.9 Å². The zero-order valence-electron chi connectivity index (χ0n) is 17.2. The van der Waals surface area contributed by atoms with Crippen molar-refractivity contribution in [3.8, 4) is 11.5 Å². The van der Waals surface area contributed by atoms with Crippen LogP contribution >= 0.6 is 23.8 Å². The first-order chi connectivity index (χ1) is 14.8. The van der Waals surface area contributed by atoms with E-state index >= 15 is 0 Å². The lowest BCUT2D eigenvalue weighted by atomic mass is 10.1. The molecule has 4 aromatic rings. The Morgan fingerprint density at radius 1 is 1.00 bits per heavy atom. The van der Waals surface area contributed by atoms with Crippen molar-refractivity contribution in [1.82, 2.24) is 10.3 Å². The number of amides is 1. The number of anilines is 1. The molecule has 1 amide bonds. The SMILES string of the molecule is Cc1ccc(-c2nc3cc(NC(=S)NC(=O)c4ccc(C)c(Cl)c4)ccc3o2)c(C)c1. The highest BCUT2D eigenvalue weighted by atomic mass is 35.5. The van der Waals surface area contributed by atoms with E-state index in [0.717, 1.165) is 16.7 Å². The van der Waals surface area contributed by atoms with Crippen molar-refractivity contribution in [2.45, 2.75) is 20.8 Å². The number of fused-ring (bicyclic) bond motifs is 1. The lowest BCUT2D eigenvalue weighted by molar-refractivity contribution is 0.0977. The van der Waals surface area contributed by atoms with Gasteiger partial charge in [-0.25, -0.2) is 4.98 Å². The lowest BCUT2D eigenvalue weighted by Gasteiger charge is -2.10. The van der Waals surface area contributed by atoms with Crippen LogP contribution in [0.15, 0.2) is 59.0 Å². The minimum atomic E-state index is -0.334. The minimum absolute atomic E-state index is 0.180. The summed E-state index contributed by atoms with van der Waals surface area (Å²) in [5, 5.41) is 6.39. The maximum absolute atomic E-state index is 12.4. The van der Waals surface area contributed by atoms with Gasteiger partial charge in [0.05, 0.1) is 0 Å². The summed E-state index contributed by atoms with van der Waals surface area (Å²) in [7, 11) is 0. The van der Waals surface area contributed by atoms with Crippen molar-refractivity contribution in [2.24, 2.45) is 0 Å². The third-order valence-electron chi connectivity index (χ3n) is 4.92. The molecule has 0 aliphatic carbocycles. The topological polar surface area (TPSA) is 67.2 Å². The summed E-state index contributed by atoms with van der Waals surface area (Å²) in [6.07, 6.45) is 0. The van der Waals surface area contributed by atoms with Gasteiger partial charge in [0, 0.05) is 21.8 Å². The molecule has 5 nitrogen and oxygen atoms in total. The van der Waals surface area contributed by atoms with Crippen molar-refractivity contribution in [2.75, 3.05) is 5.32 Å². The number of aryl methyl sites for hydroxylation is 3. The van der Waals surface area contributed by atoms with Gasteiger partial charge < -0.3 is 9.73 Å². The number of nitrogens with zero attached hydrogens (tertiary/aromatic N) is 1. The van der Waals surface area contributed by atoms with Gasteiger partial charge in [-0.05, 0) is 80.5 Å². The molecule has 0 radical (unpaired) electrons. The number of rotatable bonds is 3. The molecule has 156 valence electrons. The molecule has 0 aliphatic heterocycles. The predicted octanol–water partition coefficient (Wildman–Crippen LogP) is 6.20. The minimum Gasteiger partial charge on any atom is -0.436 e. The third-order valence-corrected chi connectivity index (χ3v) is 5.53. The first kappa shape index (κ1) is 21.0. The molecule has 0 saturated carbocycles. The summed E-state index contributed by atoms with van der Waals surface area (Å²) in [4.78, 5) is 17.0. The lowest BCUT2D eigenvalue weighted by Crippen LogP contribution is -2.34. The Kier molecular flexibility index (Phi) is 5.76. The Morgan fingerprint density at radius 2 is 1.81 bits per heavy atom. The van der Waals surface area contributed by atoms with Gasteiger partial charge in [0.2, 0.25) is 5.89 Å². The second kappa shape index (κ2) is 8.49. The van der Waals surface area contributed by atoms with Gasteiger partial charge in [-0.3, -0.25) is 10.1 Å². The number of carbonyl (C=O) groups excluding carboxylic acids is 1. The molecule has 1 aromatic heterocycles. The molecule has 1 heterocycles. The highest BCUT2D eigenvalue weighted by molar-refractivity contribution is 7.80. The fraction of sp³-hybridized carbons (Fsp3) is 0.125. The van der Waals surface area contributed by atoms with Crippen LogP contribution in [0.3, 0.4) is 0 Å². The second-order valence-electron chi connectivity index (χ2n) is 7.39. The van der Waals surface area contributed by atoms with Crippen LogP contribution in [0.1, 0.15) is 27.0 Å². The van der Waals surface area contributed by atoms with E-state index < -0.39 is 0 Å². The van der Waals surface area contributed by atoms with Crippen LogP contribution in [0.5, 0.6) is 0 Å². The van der Waals surface area contributed by atoms with E-state index in [9.17, 15) is 4.79 Å². The number of oxazole rings is 1. The number of halogens is 1. The zero-order valence-corrected chi connectivity index (χ0v) is 18.8. The number of hydrogen-bond donors (Lipinski definition) is 2. The van der Waals surface area contributed by atoms with Crippen LogP contribution in [-0.2, 0) is 0 Å². The fourth-order valence-corrected chi connectivity index (χ4v) is 3.64. The molecule has 0 unspecified atom stereocenters. The van der Waals surface area contributed by atoms with Gasteiger partial charge in [-0.15, -0.1) is 0 Å². The Hall–Kier alpha value is -3.22. The number of benzene rings is 3. The molecule has 0 aliphatic rings. The summed E-state index contributed by atoms with van der Waals surface area (Å²) in [6, 6.07) is 16.7. The second-order valence-corrected chi connectivity index (χ2v) is 8.21. The normalized spacial score (nSPS) is 10.8. The van der Waals surface area contributed by atoms with Gasteiger partial charge in [-0.1, -0.05) is 35.4 Å². The van der Waals surface area contributed by atoms with E-state index in [4.69, 9.17) is 28.2 Å². The molecule has 0 bridgehead atoms. The van der Waals surface area contributed by atoms with Gasteiger partial charge in [0.1, 0.15) is 5.52 Å². The third kappa shape index (κ3) is 4.60. The number of carbonyl (C=O) groups is 1. The average molecular weight is 450 g/mol. The van der Waals surface area contributed by atoms with E-state index in [1.54, 1.807) is 18.2 Å². The Balaban J connectivity index is 1.50. The standard InChI is InChI=1S/C24H20ClN3O2S/c1-13-4-8-18(15(3)10-13)23-27-20-12-17(7-9-21(20)30-23)26-24(31)28-22(29)16-6-5-14(2)19(25)11-16/h4-12H,1-3H3,(H2,26,28,29,31). The largest absolute Gasteiger partial charge is 0.436 e. The van der Waals surface area contributed by atoms with E-state index in [1.807, 2.05) is 44.2 Å². The van der Waals surface area contributed by atoms with E-state index in [-0.39, 0.29) is 11.0 Å². The Labute approximate surface area is 190 Å². The molecular formula is C24H20ClN3O2S. The van der Waals surface area contributed by atoms with Crippen molar-refractivity contribution in [3.63, 3.8) is 0 Å². The van der Waals surface area contributed by atoms with Crippen LogP contribution in [-0.4, -0.2) is 16.0 Å². The number of nitrogens with one attached hydrogen (secondary N) is 2. The molecule has 4 rings (SSSR count). The quantitative estimate of drug-likeness (QED) is 0.364. The highest BCUT2D eigenvalue weighted by Gasteiger charge is 2.13. The summed E-state index contributed by atoms with van der Waals surface area (Å²) in [5.41, 5.74) is 6.64. The summed E-state index contributed by atoms with van der Waals surface area (Å²) < 4.78 is 5.92.